The second-order valence-electron chi connectivity index (χ2n) is 14.7. The molecule has 2 aromatic carbocycles. The van der Waals surface area contributed by atoms with Crippen molar-refractivity contribution < 1.29 is 24.5 Å². The molecule has 0 saturated heterocycles. The number of aryl methyl sites for hydroxylation is 1. The van der Waals surface area contributed by atoms with Crippen LogP contribution in [0.3, 0.4) is 0 Å². The van der Waals surface area contributed by atoms with Crippen LogP contribution in [-0.4, -0.2) is 23.0 Å². The van der Waals surface area contributed by atoms with Crippen molar-refractivity contribution in [2.45, 2.75) is 90.8 Å². The Morgan fingerprint density at radius 3 is 2.30 bits per heavy atom. The summed E-state index contributed by atoms with van der Waals surface area (Å²) in [5.74, 6) is 0.737. The molecule has 245 valence electrons. The van der Waals surface area contributed by atoms with Crippen molar-refractivity contribution in [2.24, 2.45) is 0 Å². The molecular weight excluding hydrogens is 771 g/mol. The molecule has 4 heterocycles. The van der Waals surface area contributed by atoms with Crippen molar-refractivity contribution >= 4 is 35.3 Å². The molecule has 0 aliphatic heterocycles. The molecule has 6 heteroatoms. The van der Waals surface area contributed by atoms with Gasteiger partial charge in [0.05, 0.1) is 13.7 Å². The molecular formula is C41H45IrN3OSi-2. The number of nitrogens with zero attached hydrogens (tertiary/aromatic N) is 3. The second kappa shape index (κ2) is 14.4. The number of hydrogen-bond donors (Lipinski definition) is 0. The van der Waals surface area contributed by atoms with E-state index in [1.54, 1.807) is 10.8 Å². The molecule has 0 amide bonds. The molecule has 1 radical (unpaired) electrons. The molecule has 1 aliphatic carbocycles. The van der Waals surface area contributed by atoms with E-state index in [-0.39, 0.29) is 25.5 Å². The standard InChI is InChI=1S/C21H19N2O.C20H26NSi.Ir/c1-13-5-7-16-17-11-14(6-8-19(17)24-20(16)23-13)18-12-15(9-10-22-18)21(2,3)4;1-22(2,3)20-15-21-19(17-12-8-5-9-13-17)14-18(20)16-10-6-4-7-11-16;/h5,7-12H,1-4H3;5,8-9,12,14-16H,4,6-7,10-11H2,1-3H3;/q2*-1;. The summed E-state index contributed by atoms with van der Waals surface area (Å²) in [4.78, 5) is 13.8. The third-order valence-corrected chi connectivity index (χ3v) is 11.1. The summed E-state index contributed by atoms with van der Waals surface area (Å²) in [7, 11) is -1.36. The van der Waals surface area contributed by atoms with E-state index in [0.29, 0.717) is 5.71 Å². The fourth-order valence-electron chi connectivity index (χ4n) is 6.43. The molecule has 1 aliphatic rings. The van der Waals surface area contributed by atoms with E-state index in [4.69, 9.17) is 9.40 Å². The molecule has 0 spiro atoms. The van der Waals surface area contributed by atoms with Gasteiger partial charge in [-0.1, -0.05) is 82.8 Å². The van der Waals surface area contributed by atoms with Gasteiger partial charge in [-0.3, -0.25) is 0 Å². The van der Waals surface area contributed by atoms with Gasteiger partial charge in [-0.25, -0.2) is 4.98 Å². The van der Waals surface area contributed by atoms with Gasteiger partial charge in [-0.05, 0) is 71.4 Å². The number of furan rings is 1. The third-order valence-electron chi connectivity index (χ3n) is 9.09. The zero-order valence-electron chi connectivity index (χ0n) is 28.7. The molecule has 47 heavy (non-hydrogen) atoms. The van der Waals surface area contributed by atoms with E-state index >= 15 is 0 Å². The molecule has 1 fully saturated rings. The minimum Gasteiger partial charge on any atom is -0.486 e. The van der Waals surface area contributed by atoms with Crippen LogP contribution in [0.4, 0.5) is 0 Å². The van der Waals surface area contributed by atoms with Gasteiger partial charge in [0.2, 0.25) is 5.71 Å². The Hall–Kier alpha value is -3.44. The SMILES string of the molecule is C[Si](C)(C)c1cnc(-c2[c-]cccc2)cc1C1CCCCC1.Cc1ccc2c(n1)oc1c[c-]c(-c3cc(C(C)(C)C)ccn3)cc12.[Ir]. The van der Waals surface area contributed by atoms with Crippen LogP contribution >= 0.6 is 0 Å². The van der Waals surface area contributed by atoms with Gasteiger partial charge >= 0.3 is 0 Å². The topological polar surface area (TPSA) is 51.8 Å². The minimum atomic E-state index is -1.36. The van der Waals surface area contributed by atoms with Gasteiger partial charge in [0.1, 0.15) is 0 Å². The number of rotatable bonds is 4. The Bertz CT molecular complexity index is 1970. The van der Waals surface area contributed by atoms with Crippen LogP contribution in [-0.2, 0) is 25.5 Å². The molecule has 0 atom stereocenters. The maximum absolute atomic E-state index is 5.84. The first-order chi connectivity index (χ1) is 22.0. The zero-order chi connectivity index (χ0) is 32.5. The normalized spacial score (nSPS) is 14.0. The largest absolute Gasteiger partial charge is 0.486 e. The van der Waals surface area contributed by atoms with E-state index in [1.165, 1.54) is 37.7 Å². The summed E-state index contributed by atoms with van der Waals surface area (Å²) in [6.07, 6.45) is 10.9. The van der Waals surface area contributed by atoms with Crippen LogP contribution in [0.5, 0.6) is 0 Å². The molecule has 0 unspecified atom stereocenters. The van der Waals surface area contributed by atoms with Crippen LogP contribution < -0.4 is 5.19 Å². The summed E-state index contributed by atoms with van der Waals surface area (Å²) >= 11 is 0. The maximum atomic E-state index is 5.84. The number of benzene rings is 2. The van der Waals surface area contributed by atoms with Crippen LogP contribution in [0.25, 0.3) is 44.6 Å². The molecule has 7 rings (SSSR count). The van der Waals surface area contributed by atoms with E-state index in [1.807, 2.05) is 37.4 Å². The van der Waals surface area contributed by atoms with E-state index in [9.17, 15) is 0 Å². The van der Waals surface area contributed by atoms with Crippen molar-refractivity contribution in [3.63, 3.8) is 0 Å². The Kier molecular flexibility index (Phi) is 10.7. The fourth-order valence-corrected chi connectivity index (χ4v) is 8.03. The average Bonchev–Trinajstić information content (AvgIpc) is 3.41. The molecule has 4 aromatic heterocycles. The predicted octanol–water partition coefficient (Wildman–Crippen LogP) is 10.6. The van der Waals surface area contributed by atoms with Crippen molar-refractivity contribution in [3.8, 4) is 22.5 Å². The summed E-state index contributed by atoms with van der Waals surface area (Å²) in [5, 5.41) is 3.63. The average molecular weight is 816 g/mol. The first kappa shape index (κ1) is 34.9. The molecule has 1 saturated carbocycles. The first-order valence-electron chi connectivity index (χ1n) is 16.6. The predicted molar refractivity (Wildman–Crippen MR) is 194 cm³/mol. The Morgan fingerprint density at radius 1 is 0.830 bits per heavy atom. The fraction of sp³-hybridized carbons (Fsp3) is 0.341. The minimum absolute atomic E-state index is 0. The second-order valence-corrected chi connectivity index (χ2v) is 19.8. The smallest absolute Gasteiger partial charge is 0.216 e. The monoisotopic (exact) mass is 816 g/mol. The van der Waals surface area contributed by atoms with E-state index < -0.39 is 8.07 Å². The van der Waals surface area contributed by atoms with Gasteiger partial charge in [0.25, 0.3) is 0 Å². The number of aromatic nitrogens is 3. The van der Waals surface area contributed by atoms with Crippen LogP contribution in [0, 0.1) is 19.1 Å². The molecule has 0 N–H and O–H groups in total. The number of hydrogen-bond acceptors (Lipinski definition) is 4. The molecule has 6 aromatic rings. The van der Waals surface area contributed by atoms with E-state index in [0.717, 1.165) is 50.5 Å². The first-order valence-corrected chi connectivity index (χ1v) is 20.1. The third kappa shape index (κ3) is 8.00. The Balaban J connectivity index is 0.000000181. The Morgan fingerprint density at radius 2 is 1.60 bits per heavy atom. The zero-order valence-corrected chi connectivity index (χ0v) is 32.1. The van der Waals surface area contributed by atoms with Crippen LogP contribution in [0.1, 0.15) is 75.6 Å². The summed E-state index contributed by atoms with van der Waals surface area (Å²) in [5.41, 5.74) is 9.46. The van der Waals surface area contributed by atoms with Gasteiger partial charge in [0, 0.05) is 43.6 Å². The number of fused-ring (bicyclic) bond motifs is 3. The van der Waals surface area contributed by atoms with Gasteiger partial charge in [0.15, 0.2) is 0 Å². The molecule has 0 bridgehead atoms. The van der Waals surface area contributed by atoms with Crippen LogP contribution in [0.15, 0.2) is 83.5 Å². The van der Waals surface area contributed by atoms with Crippen molar-refractivity contribution in [3.05, 3.63) is 108 Å². The van der Waals surface area contributed by atoms with Crippen molar-refractivity contribution in [2.75, 3.05) is 0 Å². The van der Waals surface area contributed by atoms with Crippen LogP contribution in [0.2, 0.25) is 19.6 Å². The van der Waals surface area contributed by atoms with Gasteiger partial charge in [-0.2, -0.15) is 0 Å². The summed E-state index contributed by atoms with van der Waals surface area (Å²) in [6, 6.07) is 29.4. The summed E-state index contributed by atoms with van der Waals surface area (Å²) in [6.45, 7) is 15.9. The van der Waals surface area contributed by atoms with Gasteiger partial charge in [-0.15, -0.1) is 59.7 Å². The number of pyridine rings is 3. The van der Waals surface area contributed by atoms with Crippen molar-refractivity contribution in [1.29, 1.82) is 0 Å². The summed E-state index contributed by atoms with van der Waals surface area (Å²) < 4.78 is 5.84. The Labute approximate surface area is 294 Å². The quantitative estimate of drug-likeness (QED) is 0.131. The van der Waals surface area contributed by atoms with Crippen molar-refractivity contribution in [1.82, 2.24) is 15.0 Å². The van der Waals surface area contributed by atoms with E-state index in [2.05, 4.69) is 111 Å². The van der Waals surface area contributed by atoms with Gasteiger partial charge < -0.3 is 14.4 Å². The molecule has 4 nitrogen and oxygen atoms in total. The maximum Gasteiger partial charge on any atom is 0.216 e.